The summed E-state index contributed by atoms with van der Waals surface area (Å²) in [5, 5.41) is 4.56. The van der Waals surface area contributed by atoms with Gasteiger partial charge in [0.25, 0.3) is 5.56 Å². The van der Waals surface area contributed by atoms with Crippen molar-refractivity contribution in [1.29, 1.82) is 0 Å². The number of hydrogen-bond donors (Lipinski definition) is 1. The first-order valence-electron chi connectivity index (χ1n) is 10.1. The lowest BCUT2D eigenvalue weighted by Gasteiger charge is -2.01. The van der Waals surface area contributed by atoms with Gasteiger partial charge in [0.15, 0.2) is 0 Å². The highest BCUT2D eigenvalue weighted by Crippen LogP contribution is 2.26. The lowest BCUT2D eigenvalue weighted by molar-refractivity contribution is 0.827. The number of fused-ring (bicyclic) bond motifs is 1. The van der Waals surface area contributed by atoms with E-state index in [9.17, 15) is 4.79 Å². The number of thiazole rings is 1. The number of hydrogen-bond acceptors (Lipinski definition) is 6. The minimum Gasteiger partial charge on any atom is -0.291 e. The number of nitrogens with zero attached hydrogens (tertiary/aromatic N) is 4. The molecule has 0 fully saturated rings. The molecule has 0 radical (unpaired) electrons. The molecule has 0 spiro atoms. The number of pyridine rings is 1. The maximum atomic E-state index is 13.3. The van der Waals surface area contributed by atoms with Crippen LogP contribution in [-0.2, 0) is 12.3 Å². The Balaban J connectivity index is 1.48. The summed E-state index contributed by atoms with van der Waals surface area (Å²) in [6.45, 7) is 0.470. The third-order valence-corrected chi connectivity index (χ3v) is 7.23. The van der Waals surface area contributed by atoms with Crippen molar-refractivity contribution in [2.75, 3.05) is 0 Å². The Hall–Kier alpha value is -3.20. The van der Waals surface area contributed by atoms with Crippen molar-refractivity contribution in [3.8, 4) is 5.13 Å². The number of nitrogens with one attached hydrogen (secondary N) is 1. The van der Waals surface area contributed by atoms with Gasteiger partial charge in [0, 0.05) is 34.3 Å². The molecule has 0 atom stereocenters. The topological polar surface area (TPSA) is 75.9 Å². The Morgan fingerprint density at radius 3 is 2.67 bits per heavy atom. The summed E-state index contributed by atoms with van der Waals surface area (Å²) < 4.78 is 2.54. The van der Waals surface area contributed by atoms with Gasteiger partial charge in [0.2, 0.25) is 5.13 Å². The van der Waals surface area contributed by atoms with E-state index in [1.165, 1.54) is 16.0 Å². The number of aromatic nitrogens is 4. The van der Waals surface area contributed by atoms with E-state index >= 15 is 0 Å². The minimum atomic E-state index is -0.167. The summed E-state index contributed by atoms with van der Waals surface area (Å²) in [7, 11) is 0. The van der Waals surface area contributed by atoms with E-state index in [2.05, 4.69) is 20.1 Å². The van der Waals surface area contributed by atoms with E-state index in [4.69, 9.17) is 11.6 Å². The zero-order valence-corrected chi connectivity index (χ0v) is 19.7. The molecule has 33 heavy (non-hydrogen) atoms. The molecule has 1 N–H and O–H groups in total. The van der Waals surface area contributed by atoms with Crippen molar-refractivity contribution in [2.45, 2.75) is 17.2 Å². The number of benzene rings is 2. The third kappa shape index (κ3) is 4.93. The molecule has 0 amide bonds. The first-order valence-corrected chi connectivity index (χ1v) is 12.3. The summed E-state index contributed by atoms with van der Waals surface area (Å²) >= 11 is 9.09. The van der Waals surface area contributed by atoms with Crippen LogP contribution in [0.5, 0.6) is 0 Å². The molecule has 2 aromatic carbocycles. The number of rotatable bonds is 7. The predicted octanol–water partition coefficient (Wildman–Crippen LogP) is 5.74. The molecular weight excluding hydrogens is 474 g/mol. The minimum absolute atomic E-state index is 0.167. The number of thioether (sulfide) groups is 1. The van der Waals surface area contributed by atoms with Crippen LogP contribution in [0.4, 0.5) is 0 Å². The van der Waals surface area contributed by atoms with Crippen LogP contribution in [-0.4, -0.2) is 26.0 Å². The fourth-order valence-corrected chi connectivity index (χ4v) is 5.16. The maximum absolute atomic E-state index is 13.3. The van der Waals surface area contributed by atoms with E-state index in [1.54, 1.807) is 30.4 Å². The molecular formula is C24H18ClN5OS2. The van der Waals surface area contributed by atoms with Gasteiger partial charge in [-0.2, -0.15) is 4.68 Å². The fourth-order valence-electron chi connectivity index (χ4n) is 3.25. The standard InChI is InChI=1S/C24H18ClN5OS2/c25-17-5-7-18(8-6-17)32-15-21-19(14-27-13-16-9-11-26-12-10-16)23(31)30(29-21)24-28-20-3-1-2-4-22(20)33-24/h1-12,14,29H,13,15H2. The van der Waals surface area contributed by atoms with Crippen molar-refractivity contribution < 1.29 is 0 Å². The van der Waals surface area contributed by atoms with E-state index in [0.29, 0.717) is 28.0 Å². The van der Waals surface area contributed by atoms with Gasteiger partial charge in [0.1, 0.15) is 0 Å². The van der Waals surface area contributed by atoms with Crippen LogP contribution in [0.25, 0.3) is 15.3 Å². The average Bonchev–Trinajstić information content (AvgIpc) is 3.40. The molecule has 0 bridgehead atoms. The maximum Gasteiger partial charge on any atom is 0.282 e. The Bertz CT molecular complexity index is 1440. The summed E-state index contributed by atoms with van der Waals surface area (Å²) in [6.07, 6.45) is 5.12. The van der Waals surface area contributed by atoms with Gasteiger partial charge in [-0.15, -0.1) is 11.8 Å². The number of para-hydroxylation sites is 1. The second-order valence-electron chi connectivity index (χ2n) is 7.18. The van der Waals surface area contributed by atoms with Crippen LogP contribution >= 0.6 is 34.7 Å². The fraction of sp³-hybridized carbons (Fsp3) is 0.0833. The normalized spacial score (nSPS) is 11.5. The smallest absolute Gasteiger partial charge is 0.282 e. The van der Waals surface area contributed by atoms with Crippen molar-refractivity contribution >= 4 is 51.1 Å². The second kappa shape index (κ2) is 9.74. The third-order valence-electron chi connectivity index (χ3n) is 4.92. The van der Waals surface area contributed by atoms with Crippen LogP contribution in [0.2, 0.25) is 5.02 Å². The van der Waals surface area contributed by atoms with Gasteiger partial charge in [-0.05, 0) is 54.1 Å². The van der Waals surface area contributed by atoms with E-state index in [0.717, 1.165) is 26.4 Å². The molecule has 5 rings (SSSR count). The van der Waals surface area contributed by atoms with Gasteiger partial charge in [-0.1, -0.05) is 35.1 Å². The molecule has 0 aliphatic rings. The molecule has 0 saturated carbocycles. The second-order valence-corrected chi connectivity index (χ2v) is 9.67. The molecule has 5 aromatic rings. The number of aromatic amines is 1. The van der Waals surface area contributed by atoms with Crippen LogP contribution in [0, 0.1) is 0 Å². The zero-order chi connectivity index (χ0) is 22.6. The highest BCUT2D eigenvalue weighted by Gasteiger charge is 2.17. The zero-order valence-electron chi connectivity index (χ0n) is 17.3. The van der Waals surface area contributed by atoms with Crippen LogP contribution in [0.3, 0.4) is 0 Å². The summed E-state index contributed by atoms with van der Waals surface area (Å²) in [5.41, 5.74) is 3.05. The van der Waals surface area contributed by atoms with Crippen LogP contribution in [0.1, 0.15) is 16.8 Å². The highest BCUT2D eigenvalue weighted by atomic mass is 35.5. The highest BCUT2D eigenvalue weighted by molar-refractivity contribution is 7.98. The van der Waals surface area contributed by atoms with Gasteiger partial charge in [0.05, 0.1) is 28.0 Å². The predicted molar refractivity (Wildman–Crippen MR) is 136 cm³/mol. The van der Waals surface area contributed by atoms with Crippen molar-refractivity contribution in [2.24, 2.45) is 4.99 Å². The summed E-state index contributed by atoms with van der Waals surface area (Å²) in [6, 6.07) is 19.3. The molecule has 164 valence electrons. The quantitative estimate of drug-likeness (QED) is 0.233. The molecule has 3 aromatic heterocycles. The monoisotopic (exact) mass is 491 g/mol. The molecule has 0 saturated heterocycles. The number of aliphatic imine (C=N–C) groups is 1. The van der Waals surface area contributed by atoms with Crippen LogP contribution < -0.4 is 5.56 Å². The first-order chi connectivity index (χ1) is 16.2. The van der Waals surface area contributed by atoms with E-state index in [1.807, 2.05) is 60.7 Å². The Morgan fingerprint density at radius 1 is 1.09 bits per heavy atom. The molecule has 0 aliphatic heterocycles. The lowest BCUT2D eigenvalue weighted by atomic mass is 10.2. The first kappa shape index (κ1) is 21.6. The molecule has 0 aliphatic carbocycles. The van der Waals surface area contributed by atoms with Gasteiger partial charge in [-0.25, -0.2) is 4.98 Å². The Labute approximate surface area is 203 Å². The Morgan fingerprint density at radius 2 is 1.88 bits per heavy atom. The molecule has 9 heteroatoms. The SMILES string of the molecule is O=c1c(C=NCc2ccncc2)c(CSc2ccc(Cl)cc2)[nH]n1-c1nc2ccccc2s1. The van der Waals surface area contributed by atoms with Gasteiger partial charge in [-0.3, -0.25) is 19.9 Å². The number of H-pyrrole nitrogens is 1. The molecule has 3 heterocycles. The summed E-state index contributed by atoms with van der Waals surface area (Å²) in [5.74, 6) is 0.575. The Kier molecular flexibility index (Phi) is 6.39. The number of halogens is 1. The van der Waals surface area contributed by atoms with Crippen molar-refractivity contribution in [1.82, 2.24) is 19.7 Å². The molecule has 6 nitrogen and oxygen atoms in total. The molecule has 0 unspecified atom stereocenters. The van der Waals surface area contributed by atoms with E-state index in [-0.39, 0.29) is 5.56 Å². The van der Waals surface area contributed by atoms with E-state index < -0.39 is 0 Å². The largest absolute Gasteiger partial charge is 0.291 e. The van der Waals surface area contributed by atoms with Gasteiger partial charge >= 0.3 is 0 Å². The summed E-state index contributed by atoms with van der Waals surface area (Å²) in [4.78, 5) is 27.6. The average molecular weight is 492 g/mol. The van der Waals surface area contributed by atoms with Gasteiger partial charge < -0.3 is 0 Å². The van der Waals surface area contributed by atoms with Crippen molar-refractivity contribution in [3.63, 3.8) is 0 Å². The van der Waals surface area contributed by atoms with Crippen LogP contribution in [0.15, 0.2) is 87.7 Å². The van der Waals surface area contributed by atoms with Crippen molar-refractivity contribution in [3.05, 3.63) is 105 Å². The lowest BCUT2D eigenvalue weighted by Crippen LogP contribution is -2.17.